The second-order valence-electron chi connectivity index (χ2n) is 7.44. The third-order valence-electron chi connectivity index (χ3n) is 5.08. The molecule has 2 heterocycles. The van der Waals surface area contributed by atoms with Crippen molar-refractivity contribution < 1.29 is 13.9 Å². The number of carbonyl (C=O) groups is 1. The van der Waals surface area contributed by atoms with E-state index in [9.17, 15) is 9.18 Å². The highest BCUT2D eigenvalue weighted by Gasteiger charge is 2.14. The van der Waals surface area contributed by atoms with E-state index < -0.39 is 11.7 Å². The largest absolute Gasteiger partial charge is 0.481 e. The molecule has 1 saturated heterocycles. The normalized spacial score (nSPS) is 13.7. The number of halogens is 3. The fraction of sp³-hybridized carbons (Fsp3) is 0.261. The van der Waals surface area contributed by atoms with Crippen molar-refractivity contribution in [3.8, 4) is 17.0 Å². The summed E-state index contributed by atoms with van der Waals surface area (Å²) < 4.78 is 18.6. The minimum absolute atomic E-state index is 0.00336. The molecule has 6 nitrogen and oxygen atoms in total. The summed E-state index contributed by atoms with van der Waals surface area (Å²) in [6.07, 6.45) is 3.61. The van der Waals surface area contributed by atoms with Gasteiger partial charge in [-0.05, 0) is 55.7 Å². The number of hydrogen-bond donors (Lipinski definition) is 1. The number of ether oxygens (including phenoxy) is 1. The van der Waals surface area contributed by atoms with Gasteiger partial charge in [0.15, 0.2) is 18.2 Å². The number of nitrogens with one attached hydrogen (secondary N) is 1. The predicted molar refractivity (Wildman–Crippen MR) is 124 cm³/mol. The lowest BCUT2D eigenvalue weighted by Crippen LogP contribution is -2.30. The maximum atomic E-state index is 13.3. The van der Waals surface area contributed by atoms with Crippen LogP contribution in [0.25, 0.3) is 11.3 Å². The standard InChI is InChI=1S/C23H21Cl2FN4O2/c24-18-12-16(26)13-19(25)23(18)32-14-22(31)27-17-6-4-5-15(11-17)20-7-8-21(29-28-20)30-9-2-1-3-10-30/h4-8,11-13H,1-3,9-10,14H2,(H,27,31). The van der Waals surface area contributed by atoms with E-state index in [1.165, 1.54) is 19.3 Å². The lowest BCUT2D eigenvalue weighted by molar-refractivity contribution is -0.118. The molecule has 9 heteroatoms. The van der Waals surface area contributed by atoms with Crippen LogP contribution in [0.4, 0.5) is 15.9 Å². The third-order valence-corrected chi connectivity index (χ3v) is 5.64. The number of amides is 1. The van der Waals surface area contributed by atoms with Gasteiger partial charge in [0.2, 0.25) is 0 Å². The zero-order chi connectivity index (χ0) is 22.5. The highest BCUT2D eigenvalue weighted by molar-refractivity contribution is 6.37. The zero-order valence-corrected chi connectivity index (χ0v) is 18.7. The van der Waals surface area contributed by atoms with Gasteiger partial charge < -0.3 is 15.0 Å². The Kier molecular flexibility index (Phi) is 7.07. The van der Waals surface area contributed by atoms with Crippen molar-refractivity contribution in [2.24, 2.45) is 0 Å². The summed E-state index contributed by atoms with van der Waals surface area (Å²) in [6, 6.07) is 13.3. The SMILES string of the molecule is O=C(COc1c(Cl)cc(F)cc1Cl)Nc1cccc(-c2ccc(N3CCCCC3)nn2)c1. The molecule has 32 heavy (non-hydrogen) atoms. The monoisotopic (exact) mass is 474 g/mol. The average Bonchev–Trinajstić information content (AvgIpc) is 2.79. The van der Waals surface area contributed by atoms with E-state index in [1.54, 1.807) is 12.1 Å². The van der Waals surface area contributed by atoms with Gasteiger partial charge in [-0.1, -0.05) is 35.3 Å². The van der Waals surface area contributed by atoms with E-state index in [-0.39, 0.29) is 22.4 Å². The maximum Gasteiger partial charge on any atom is 0.262 e. The molecule has 1 aliphatic heterocycles. The van der Waals surface area contributed by atoms with Crippen LogP contribution >= 0.6 is 23.2 Å². The van der Waals surface area contributed by atoms with E-state index in [4.69, 9.17) is 27.9 Å². The van der Waals surface area contributed by atoms with E-state index in [2.05, 4.69) is 20.4 Å². The second-order valence-corrected chi connectivity index (χ2v) is 8.26. The Morgan fingerprint density at radius 2 is 1.78 bits per heavy atom. The highest BCUT2D eigenvalue weighted by atomic mass is 35.5. The fourth-order valence-corrected chi connectivity index (χ4v) is 4.10. The molecular formula is C23H21Cl2FN4O2. The molecule has 0 atom stereocenters. The Balaban J connectivity index is 1.39. The van der Waals surface area contributed by atoms with Crippen molar-refractivity contribution in [1.82, 2.24) is 10.2 Å². The van der Waals surface area contributed by atoms with Gasteiger partial charge in [0.05, 0.1) is 15.7 Å². The summed E-state index contributed by atoms with van der Waals surface area (Å²) >= 11 is 11.9. The van der Waals surface area contributed by atoms with E-state index in [0.717, 1.165) is 36.6 Å². The van der Waals surface area contributed by atoms with Crippen LogP contribution in [0.15, 0.2) is 48.5 Å². The molecule has 0 spiro atoms. The van der Waals surface area contributed by atoms with Gasteiger partial charge in [0.25, 0.3) is 5.91 Å². The Hall–Kier alpha value is -2.90. The maximum absolute atomic E-state index is 13.3. The van der Waals surface area contributed by atoms with Crippen LogP contribution < -0.4 is 15.0 Å². The summed E-state index contributed by atoms with van der Waals surface area (Å²) in [5.41, 5.74) is 2.11. The molecule has 3 aromatic rings. The van der Waals surface area contributed by atoms with Gasteiger partial charge in [-0.2, -0.15) is 0 Å². The third kappa shape index (κ3) is 5.47. The number of rotatable bonds is 6. The minimum atomic E-state index is -0.583. The fourth-order valence-electron chi connectivity index (χ4n) is 3.53. The van der Waals surface area contributed by atoms with Gasteiger partial charge in [-0.15, -0.1) is 10.2 Å². The van der Waals surface area contributed by atoms with E-state index in [1.807, 2.05) is 24.3 Å². The van der Waals surface area contributed by atoms with Crippen LogP contribution in [-0.2, 0) is 4.79 Å². The van der Waals surface area contributed by atoms with Crippen LogP contribution in [0.1, 0.15) is 19.3 Å². The number of benzene rings is 2. The predicted octanol–water partition coefficient (Wildman–Crippen LogP) is 5.60. The highest BCUT2D eigenvalue weighted by Crippen LogP contribution is 2.33. The number of carbonyl (C=O) groups excluding carboxylic acids is 1. The number of piperidine rings is 1. The second kappa shape index (κ2) is 10.1. The molecule has 166 valence electrons. The Morgan fingerprint density at radius 3 is 2.47 bits per heavy atom. The van der Waals surface area contributed by atoms with Gasteiger partial charge >= 0.3 is 0 Å². The molecule has 1 amide bonds. The summed E-state index contributed by atoms with van der Waals surface area (Å²) in [7, 11) is 0. The average molecular weight is 475 g/mol. The van der Waals surface area contributed by atoms with Crippen LogP contribution in [0.5, 0.6) is 5.75 Å². The van der Waals surface area contributed by atoms with Crippen LogP contribution in [0.3, 0.4) is 0 Å². The van der Waals surface area contributed by atoms with Crippen molar-refractivity contribution in [1.29, 1.82) is 0 Å². The molecule has 1 N–H and O–H groups in total. The molecule has 0 radical (unpaired) electrons. The van der Waals surface area contributed by atoms with Gasteiger partial charge in [0, 0.05) is 24.3 Å². The van der Waals surface area contributed by atoms with Crippen LogP contribution in [-0.4, -0.2) is 35.8 Å². The van der Waals surface area contributed by atoms with Gasteiger partial charge in [-0.3, -0.25) is 4.79 Å². The summed E-state index contributed by atoms with van der Waals surface area (Å²) in [5.74, 6) is -0.0540. The zero-order valence-electron chi connectivity index (χ0n) is 17.2. The first kappa shape index (κ1) is 22.3. The minimum Gasteiger partial charge on any atom is -0.481 e. The first-order valence-electron chi connectivity index (χ1n) is 10.3. The van der Waals surface area contributed by atoms with Crippen LogP contribution in [0.2, 0.25) is 10.0 Å². The quantitative estimate of drug-likeness (QED) is 0.503. The number of nitrogens with zero attached hydrogens (tertiary/aromatic N) is 3. The number of aromatic nitrogens is 2. The molecule has 1 aliphatic rings. The summed E-state index contributed by atoms with van der Waals surface area (Å²) in [5, 5.41) is 11.5. The molecule has 1 fully saturated rings. The van der Waals surface area contributed by atoms with E-state index in [0.29, 0.717) is 11.4 Å². The summed E-state index contributed by atoms with van der Waals surface area (Å²) in [4.78, 5) is 14.6. The van der Waals surface area contributed by atoms with E-state index >= 15 is 0 Å². The van der Waals surface area contributed by atoms with Crippen molar-refractivity contribution in [3.05, 3.63) is 64.4 Å². The van der Waals surface area contributed by atoms with Gasteiger partial charge in [0.1, 0.15) is 5.82 Å². The molecule has 0 bridgehead atoms. The number of anilines is 2. The van der Waals surface area contributed by atoms with Crippen LogP contribution in [0, 0.1) is 5.82 Å². The smallest absolute Gasteiger partial charge is 0.262 e. The van der Waals surface area contributed by atoms with Crippen molar-refractivity contribution >= 4 is 40.6 Å². The van der Waals surface area contributed by atoms with Crippen molar-refractivity contribution in [2.75, 3.05) is 29.9 Å². The first-order valence-corrected chi connectivity index (χ1v) is 11.0. The van der Waals surface area contributed by atoms with Crippen molar-refractivity contribution in [2.45, 2.75) is 19.3 Å². The first-order chi connectivity index (χ1) is 15.5. The molecule has 4 rings (SSSR count). The lowest BCUT2D eigenvalue weighted by Gasteiger charge is -2.27. The molecule has 2 aromatic carbocycles. The lowest BCUT2D eigenvalue weighted by atomic mass is 10.1. The summed E-state index contributed by atoms with van der Waals surface area (Å²) in [6.45, 7) is 1.68. The molecular weight excluding hydrogens is 454 g/mol. The molecule has 0 saturated carbocycles. The number of hydrogen-bond acceptors (Lipinski definition) is 5. The Labute approximate surface area is 195 Å². The Bertz CT molecular complexity index is 1080. The topological polar surface area (TPSA) is 67.3 Å². The Morgan fingerprint density at radius 1 is 1.03 bits per heavy atom. The molecule has 0 unspecified atom stereocenters. The van der Waals surface area contributed by atoms with Gasteiger partial charge in [-0.25, -0.2) is 4.39 Å². The van der Waals surface area contributed by atoms with Crippen molar-refractivity contribution in [3.63, 3.8) is 0 Å². The molecule has 0 aliphatic carbocycles. The molecule has 1 aromatic heterocycles.